The second kappa shape index (κ2) is 9.67. The van der Waals surface area contributed by atoms with Crippen molar-refractivity contribution in [3.8, 4) is 0 Å². The number of rotatable bonds is 7. The van der Waals surface area contributed by atoms with Crippen LogP contribution in [-0.2, 0) is 11.3 Å². The maximum Gasteiger partial charge on any atom is 0.223 e. The lowest BCUT2D eigenvalue weighted by atomic mass is 9.88. The molecule has 3 aromatic rings. The molecule has 0 bridgehead atoms. The first-order valence-corrected chi connectivity index (χ1v) is 11.9. The second-order valence-corrected chi connectivity index (χ2v) is 9.16. The van der Waals surface area contributed by atoms with Gasteiger partial charge in [0.25, 0.3) is 0 Å². The molecule has 1 aliphatic carbocycles. The van der Waals surface area contributed by atoms with E-state index in [4.69, 9.17) is 4.98 Å². The zero-order valence-electron chi connectivity index (χ0n) is 19.1. The van der Waals surface area contributed by atoms with Gasteiger partial charge in [-0.1, -0.05) is 69.5 Å². The Morgan fingerprint density at radius 2 is 1.77 bits per heavy atom. The first kappa shape index (κ1) is 21.6. The van der Waals surface area contributed by atoms with Crippen LogP contribution in [0, 0.1) is 5.92 Å². The van der Waals surface area contributed by atoms with Gasteiger partial charge in [-0.05, 0) is 55.4 Å². The summed E-state index contributed by atoms with van der Waals surface area (Å²) < 4.78 is 2.26. The number of carbonyl (C=O) groups excluding carboxylic acids is 1. The van der Waals surface area contributed by atoms with Gasteiger partial charge < -0.3 is 9.88 Å². The summed E-state index contributed by atoms with van der Waals surface area (Å²) in [6, 6.07) is 17.1. The van der Waals surface area contributed by atoms with Gasteiger partial charge in [0.05, 0.1) is 17.1 Å². The molecule has 164 valence electrons. The molecule has 2 unspecified atom stereocenters. The summed E-state index contributed by atoms with van der Waals surface area (Å²) in [6.45, 7) is 7.31. The predicted octanol–water partition coefficient (Wildman–Crippen LogP) is 6.36. The minimum atomic E-state index is -0.124. The quantitative estimate of drug-likeness (QED) is 0.486. The lowest BCUT2D eigenvalue weighted by molar-refractivity contribution is -0.126. The number of nitrogens with one attached hydrogen (secondary N) is 1. The van der Waals surface area contributed by atoms with Gasteiger partial charge in [-0.3, -0.25) is 4.79 Å². The normalized spacial score (nSPS) is 16.9. The Bertz CT molecular complexity index is 1010. The zero-order valence-corrected chi connectivity index (χ0v) is 19.1. The fourth-order valence-corrected chi connectivity index (χ4v) is 4.72. The third kappa shape index (κ3) is 4.84. The van der Waals surface area contributed by atoms with E-state index in [-0.39, 0.29) is 17.9 Å². The van der Waals surface area contributed by atoms with Crippen LogP contribution in [0.1, 0.15) is 88.2 Å². The fourth-order valence-electron chi connectivity index (χ4n) is 4.72. The van der Waals surface area contributed by atoms with Crippen LogP contribution >= 0.6 is 0 Å². The molecule has 0 aliphatic heterocycles. The summed E-state index contributed by atoms with van der Waals surface area (Å²) in [7, 11) is 0. The van der Waals surface area contributed by atoms with Crippen LogP contribution in [-0.4, -0.2) is 15.5 Å². The van der Waals surface area contributed by atoms with Crippen LogP contribution in [0.4, 0.5) is 0 Å². The van der Waals surface area contributed by atoms with Gasteiger partial charge in [-0.15, -0.1) is 0 Å². The maximum absolute atomic E-state index is 12.8. The number of nitrogens with zero attached hydrogens (tertiary/aromatic N) is 2. The molecule has 2 atom stereocenters. The number of para-hydroxylation sites is 2. The number of fused-ring (bicyclic) bond motifs is 1. The van der Waals surface area contributed by atoms with Crippen LogP contribution in [0.5, 0.6) is 0 Å². The van der Waals surface area contributed by atoms with Crippen LogP contribution in [0.2, 0.25) is 0 Å². The Hall–Kier alpha value is -2.62. The van der Waals surface area contributed by atoms with Crippen molar-refractivity contribution in [1.29, 1.82) is 0 Å². The van der Waals surface area contributed by atoms with E-state index in [2.05, 4.69) is 73.1 Å². The molecule has 1 N–H and O–H groups in total. The van der Waals surface area contributed by atoms with Crippen molar-refractivity contribution in [1.82, 2.24) is 14.9 Å². The number of amides is 1. The van der Waals surface area contributed by atoms with E-state index in [1.165, 1.54) is 17.5 Å². The van der Waals surface area contributed by atoms with E-state index in [1.807, 2.05) is 6.07 Å². The monoisotopic (exact) mass is 417 g/mol. The average molecular weight is 418 g/mol. The Labute approximate surface area is 186 Å². The molecule has 1 aromatic heterocycles. The Morgan fingerprint density at radius 3 is 2.48 bits per heavy atom. The molecule has 31 heavy (non-hydrogen) atoms. The molecule has 1 amide bonds. The summed E-state index contributed by atoms with van der Waals surface area (Å²) in [6.07, 6.45) is 6.75. The SMILES string of the molecule is CCC(C)c1ccc(Cn2c(C(C)NC(=O)C3CCCCC3)nc3ccccc32)cc1. The highest BCUT2D eigenvalue weighted by Crippen LogP contribution is 2.27. The smallest absolute Gasteiger partial charge is 0.223 e. The molecule has 4 rings (SSSR count). The Balaban J connectivity index is 1.59. The highest BCUT2D eigenvalue weighted by atomic mass is 16.1. The molecular formula is C27H35N3O. The number of benzene rings is 2. The lowest BCUT2D eigenvalue weighted by Crippen LogP contribution is -2.35. The third-order valence-electron chi connectivity index (χ3n) is 6.91. The van der Waals surface area contributed by atoms with Crippen molar-refractivity contribution >= 4 is 16.9 Å². The number of carbonyl (C=O) groups is 1. The van der Waals surface area contributed by atoms with E-state index >= 15 is 0 Å². The second-order valence-electron chi connectivity index (χ2n) is 9.16. The highest BCUT2D eigenvalue weighted by molar-refractivity contribution is 5.80. The first-order valence-electron chi connectivity index (χ1n) is 11.9. The van der Waals surface area contributed by atoms with E-state index in [9.17, 15) is 4.79 Å². The first-order chi connectivity index (χ1) is 15.1. The van der Waals surface area contributed by atoms with Crippen molar-refractivity contribution in [2.75, 3.05) is 0 Å². The van der Waals surface area contributed by atoms with E-state index in [0.29, 0.717) is 5.92 Å². The van der Waals surface area contributed by atoms with Crippen molar-refractivity contribution in [2.24, 2.45) is 5.92 Å². The lowest BCUT2D eigenvalue weighted by Gasteiger charge is -2.23. The van der Waals surface area contributed by atoms with Crippen LogP contribution in [0.25, 0.3) is 11.0 Å². The molecule has 0 radical (unpaired) electrons. The standard InChI is InChI=1S/C27H35N3O/c1-4-19(2)22-16-14-21(15-17-22)18-30-25-13-9-8-12-24(25)29-26(30)20(3)28-27(31)23-10-6-5-7-11-23/h8-9,12-17,19-20,23H,4-7,10-11,18H2,1-3H3,(H,28,31). The number of hydrogen-bond acceptors (Lipinski definition) is 2. The fraction of sp³-hybridized carbons (Fsp3) is 0.481. The minimum Gasteiger partial charge on any atom is -0.346 e. The molecule has 1 saturated carbocycles. The van der Waals surface area contributed by atoms with E-state index in [0.717, 1.165) is 55.5 Å². The number of hydrogen-bond donors (Lipinski definition) is 1. The minimum absolute atomic E-state index is 0.124. The average Bonchev–Trinajstić information content (AvgIpc) is 3.18. The molecule has 4 heteroatoms. The van der Waals surface area contributed by atoms with Gasteiger partial charge in [-0.25, -0.2) is 4.98 Å². The molecular weight excluding hydrogens is 382 g/mol. The Kier molecular flexibility index (Phi) is 6.74. The van der Waals surface area contributed by atoms with Crippen molar-refractivity contribution < 1.29 is 4.79 Å². The van der Waals surface area contributed by atoms with Gasteiger partial charge in [0.15, 0.2) is 0 Å². The van der Waals surface area contributed by atoms with Crippen molar-refractivity contribution in [3.63, 3.8) is 0 Å². The van der Waals surface area contributed by atoms with Gasteiger partial charge in [-0.2, -0.15) is 0 Å². The summed E-state index contributed by atoms with van der Waals surface area (Å²) in [5.41, 5.74) is 4.73. The van der Waals surface area contributed by atoms with Gasteiger partial charge in [0, 0.05) is 12.5 Å². The molecule has 1 fully saturated rings. The Morgan fingerprint density at radius 1 is 1.06 bits per heavy atom. The van der Waals surface area contributed by atoms with Crippen molar-refractivity contribution in [3.05, 3.63) is 65.5 Å². The summed E-state index contributed by atoms with van der Waals surface area (Å²) >= 11 is 0. The predicted molar refractivity (Wildman–Crippen MR) is 127 cm³/mol. The molecule has 1 aliphatic rings. The number of imidazole rings is 1. The van der Waals surface area contributed by atoms with Gasteiger partial charge in [0.2, 0.25) is 5.91 Å². The molecule has 1 heterocycles. The summed E-state index contributed by atoms with van der Waals surface area (Å²) in [5.74, 6) is 1.84. The third-order valence-corrected chi connectivity index (χ3v) is 6.91. The summed E-state index contributed by atoms with van der Waals surface area (Å²) in [5, 5.41) is 3.26. The van der Waals surface area contributed by atoms with E-state index < -0.39 is 0 Å². The zero-order chi connectivity index (χ0) is 21.8. The molecule has 0 spiro atoms. The van der Waals surface area contributed by atoms with Crippen LogP contribution < -0.4 is 5.32 Å². The van der Waals surface area contributed by atoms with Gasteiger partial charge in [0.1, 0.15) is 5.82 Å². The summed E-state index contributed by atoms with van der Waals surface area (Å²) in [4.78, 5) is 17.8. The highest BCUT2D eigenvalue weighted by Gasteiger charge is 2.25. The van der Waals surface area contributed by atoms with Crippen LogP contribution in [0.3, 0.4) is 0 Å². The maximum atomic E-state index is 12.8. The number of aromatic nitrogens is 2. The largest absolute Gasteiger partial charge is 0.346 e. The molecule has 2 aromatic carbocycles. The van der Waals surface area contributed by atoms with Crippen LogP contribution in [0.15, 0.2) is 48.5 Å². The van der Waals surface area contributed by atoms with E-state index in [1.54, 1.807) is 0 Å². The van der Waals surface area contributed by atoms with Gasteiger partial charge >= 0.3 is 0 Å². The molecule has 4 nitrogen and oxygen atoms in total. The molecule has 0 saturated heterocycles. The topological polar surface area (TPSA) is 46.9 Å². The van der Waals surface area contributed by atoms with Crippen molar-refractivity contribution in [2.45, 2.75) is 77.8 Å².